The lowest BCUT2D eigenvalue weighted by Gasteiger charge is -2.27. The van der Waals surface area contributed by atoms with Crippen LogP contribution < -0.4 is 29.8 Å². The molecule has 4 heterocycles. The number of hydrogen-bond acceptors (Lipinski definition) is 7. The van der Waals surface area contributed by atoms with Gasteiger partial charge in [0.25, 0.3) is 5.56 Å². The highest BCUT2D eigenvalue weighted by atomic mass is 32.1. The second kappa shape index (κ2) is 9.87. The molecule has 1 aromatic heterocycles. The lowest BCUT2D eigenvalue weighted by Crippen LogP contribution is -2.42. The van der Waals surface area contributed by atoms with Crippen LogP contribution in [0.3, 0.4) is 0 Å². The predicted octanol–water partition coefficient (Wildman–Crippen LogP) is 3.08. The molecule has 1 fully saturated rings. The molecule has 2 N–H and O–H groups in total. The van der Waals surface area contributed by atoms with Crippen LogP contribution in [0, 0.1) is 0 Å². The van der Waals surface area contributed by atoms with Crippen LogP contribution >= 0.6 is 12.2 Å². The maximum atomic E-state index is 13.1. The Bertz CT molecular complexity index is 1350. The van der Waals surface area contributed by atoms with Crippen LogP contribution in [0.1, 0.15) is 24.0 Å². The zero-order valence-electron chi connectivity index (χ0n) is 19.7. The predicted molar refractivity (Wildman–Crippen MR) is 137 cm³/mol. The smallest absolute Gasteiger partial charge is 0.253 e. The summed E-state index contributed by atoms with van der Waals surface area (Å²) in [7, 11) is 0. The third-order valence-corrected chi connectivity index (χ3v) is 6.95. The van der Waals surface area contributed by atoms with Gasteiger partial charge in [-0.25, -0.2) is 0 Å². The summed E-state index contributed by atoms with van der Waals surface area (Å²) in [5.74, 6) is 2.75. The van der Waals surface area contributed by atoms with Gasteiger partial charge < -0.3 is 38.9 Å². The van der Waals surface area contributed by atoms with Crippen molar-refractivity contribution in [3.05, 3.63) is 57.9 Å². The molecule has 188 valence electrons. The van der Waals surface area contributed by atoms with Crippen molar-refractivity contribution in [2.75, 3.05) is 33.2 Å². The van der Waals surface area contributed by atoms with Gasteiger partial charge in [-0.2, -0.15) is 0 Å². The van der Waals surface area contributed by atoms with Crippen LogP contribution in [0.2, 0.25) is 0 Å². The Labute approximate surface area is 213 Å². The molecule has 1 unspecified atom stereocenters. The fraction of sp³-hybridized carbons (Fsp3) is 0.385. The number of nitrogens with zero attached hydrogens (tertiary/aromatic N) is 1. The number of rotatable bonds is 6. The van der Waals surface area contributed by atoms with Crippen molar-refractivity contribution in [3.63, 3.8) is 0 Å². The molecule has 0 aliphatic carbocycles. The average molecular weight is 510 g/mol. The van der Waals surface area contributed by atoms with E-state index in [0.29, 0.717) is 66.3 Å². The van der Waals surface area contributed by atoms with Gasteiger partial charge >= 0.3 is 0 Å². The number of thiocarbonyl (C=S) groups is 1. The zero-order valence-corrected chi connectivity index (χ0v) is 20.5. The fourth-order valence-corrected chi connectivity index (χ4v) is 4.90. The van der Waals surface area contributed by atoms with Gasteiger partial charge in [-0.1, -0.05) is 6.07 Å². The van der Waals surface area contributed by atoms with Crippen molar-refractivity contribution < 1.29 is 23.7 Å². The van der Waals surface area contributed by atoms with E-state index < -0.39 is 0 Å². The van der Waals surface area contributed by atoms with Gasteiger partial charge in [-0.05, 0) is 54.9 Å². The topological polar surface area (TPSA) is 94.3 Å². The molecule has 36 heavy (non-hydrogen) atoms. The highest BCUT2D eigenvalue weighted by Gasteiger charge is 2.21. The second-order valence-corrected chi connectivity index (χ2v) is 9.46. The van der Waals surface area contributed by atoms with E-state index in [-0.39, 0.29) is 18.5 Å². The summed E-state index contributed by atoms with van der Waals surface area (Å²) in [6.07, 6.45) is 2.22. The Morgan fingerprint density at radius 1 is 0.972 bits per heavy atom. The number of H-pyrrole nitrogens is 1. The summed E-state index contributed by atoms with van der Waals surface area (Å²) in [6, 6.07) is 11.4. The molecule has 0 radical (unpaired) electrons. The van der Waals surface area contributed by atoms with Crippen molar-refractivity contribution in [2.45, 2.75) is 32.0 Å². The normalized spacial score (nSPS) is 17.8. The van der Waals surface area contributed by atoms with Crippen LogP contribution in [0.4, 0.5) is 0 Å². The van der Waals surface area contributed by atoms with E-state index in [9.17, 15) is 4.79 Å². The Kier molecular flexibility index (Phi) is 6.28. The summed E-state index contributed by atoms with van der Waals surface area (Å²) in [5, 5.41) is 4.77. The molecule has 0 amide bonds. The molecule has 1 saturated heterocycles. The minimum atomic E-state index is -0.170. The molecular weight excluding hydrogens is 482 g/mol. The largest absolute Gasteiger partial charge is 0.486 e. The van der Waals surface area contributed by atoms with E-state index >= 15 is 0 Å². The monoisotopic (exact) mass is 509 g/mol. The summed E-state index contributed by atoms with van der Waals surface area (Å²) in [6.45, 7) is 3.44. The Balaban J connectivity index is 1.27. The van der Waals surface area contributed by atoms with Gasteiger partial charge in [-0.3, -0.25) is 4.79 Å². The average Bonchev–Trinajstić information content (AvgIpc) is 3.58. The highest BCUT2D eigenvalue weighted by molar-refractivity contribution is 7.80. The maximum absolute atomic E-state index is 13.1. The molecule has 0 saturated carbocycles. The molecule has 2 aromatic carbocycles. The molecular formula is C26H27N3O6S. The number of fused-ring (bicyclic) bond motifs is 3. The number of hydrogen-bond donors (Lipinski definition) is 2. The van der Waals surface area contributed by atoms with Gasteiger partial charge in [0.05, 0.1) is 18.2 Å². The number of aromatic nitrogens is 1. The van der Waals surface area contributed by atoms with Gasteiger partial charge in [0.1, 0.15) is 13.2 Å². The Morgan fingerprint density at radius 3 is 2.61 bits per heavy atom. The summed E-state index contributed by atoms with van der Waals surface area (Å²) in [4.78, 5) is 18.0. The fourth-order valence-electron chi connectivity index (χ4n) is 4.69. The summed E-state index contributed by atoms with van der Waals surface area (Å²) in [5.41, 5.74) is 2.13. The van der Waals surface area contributed by atoms with Crippen LogP contribution in [0.25, 0.3) is 10.9 Å². The Morgan fingerprint density at radius 2 is 1.78 bits per heavy atom. The first kappa shape index (κ1) is 22.9. The van der Waals surface area contributed by atoms with Gasteiger partial charge in [-0.15, -0.1) is 0 Å². The second-order valence-electron chi connectivity index (χ2n) is 9.07. The molecule has 1 atom stereocenters. The number of aromatic amines is 1. The Hall–Kier alpha value is -3.50. The molecule has 0 bridgehead atoms. The summed E-state index contributed by atoms with van der Waals surface area (Å²) >= 11 is 5.78. The van der Waals surface area contributed by atoms with Gasteiger partial charge in [0.2, 0.25) is 6.79 Å². The lowest BCUT2D eigenvalue weighted by atomic mass is 10.1. The third-order valence-electron chi connectivity index (χ3n) is 6.55. The SMILES string of the molecule is O=c1[nH]c2cc3c(cc2cc1CN(Cc1ccc2c(c1)OCO2)C(=S)NCC1CCCO1)OCCO3. The molecule has 3 aromatic rings. The number of benzene rings is 2. The van der Waals surface area contributed by atoms with Gasteiger partial charge in [0, 0.05) is 36.7 Å². The van der Waals surface area contributed by atoms with Crippen molar-refractivity contribution in [3.8, 4) is 23.0 Å². The zero-order chi connectivity index (χ0) is 24.5. The van der Waals surface area contributed by atoms with Crippen molar-refractivity contribution >= 4 is 28.2 Å². The van der Waals surface area contributed by atoms with Crippen LogP contribution in [-0.4, -0.2) is 54.3 Å². The van der Waals surface area contributed by atoms with Crippen molar-refractivity contribution in [1.29, 1.82) is 0 Å². The minimum absolute atomic E-state index is 0.146. The molecule has 0 spiro atoms. The number of nitrogens with one attached hydrogen (secondary N) is 2. The first-order valence-corrected chi connectivity index (χ1v) is 12.5. The van der Waals surface area contributed by atoms with E-state index in [1.54, 1.807) is 0 Å². The van der Waals surface area contributed by atoms with E-state index in [4.69, 9.17) is 35.9 Å². The number of ether oxygens (including phenoxy) is 5. The van der Waals surface area contributed by atoms with Gasteiger partial charge in [0.15, 0.2) is 28.1 Å². The van der Waals surface area contributed by atoms with E-state index in [1.807, 2.05) is 41.3 Å². The standard InChI is InChI=1S/C26H27N3O6S/c30-25-18(9-17-10-23-24(11-20(17)28-25)33-7-6-32-23)14-29(26(36)27-12-19-2-1-5-31-19)13-16-3-4-21-22(8-16)35-15-34-21/h3-4,8-11,19H,1-2,5-7,12-15H2,(H,27,36)(H,28,30). The molecule has 10 heteroatoms. The van der Waals surface area contributed by atoms with E-state index in [2.05, 4.69) is 10.3 Å². The maximum Gasteiger partial charge on any atom is 0.253 e. The van der Waals surface area contributed by atoms with Crippen molar-refractivity contribution in [1.82, 2.24) is 15.2 Å². The molecule has 6 rings (SSSR count). The van der Waals surface area contributed by atoms with E-state index in [0.717, 1.165) is 36.1 Å². The highest BCUT2D eigenvalue weighted by Crippen LogP contribution is 2.34. The minimum Gasteiger partial charge on any atom is -0.486 e. The number of pyridine rings is 1. The van der Waals surface area contributed by atoms with Crippen LogP contribution in [0.5, 0.6) is 23.0 Å². The first-order valence-electron chi connectivity index (χ1n) is 12.1. The molecule has 9 nitrogen and oxygen atoms in total. The summed E-state index contributed by atoms with van der Waals surface area (Å²) < 4.78 is 28.1. The third kappa shape index (κ3) is 4.78. The van der Waals surface area contributed by atoms with Crippen LogP contribution in [0.15, 0.2) is 41.2 Å². The molecule has 3 aliphatic heterocycles. The lowest BCUT2D eigenvalue weighted by molar-refractivity contribution is 0.113. The van der Waals surface area contributed by atoms with Crippen molar-refractivity contribution in [2.24, 2.45) is 0 Å². The first-order chi connectivity index (χ1) is 17.6. The van der Waals surface area contributed by atoms with Crippen LogP contribution in [-0.2, 0) is 17.8 Å². The van der Waals surface area contributed by atoms with E-state index in [1.165, 1.54) is 0 Å². The quantitative estimate of drug-likeness (QED) is 0.486. The molecule has 3 aliphatic rings.